The number of nitrogens with zero attached hydrogens (tertiary/aromatic N) is 4. The minimum Gasteiger partial charge on any atom is -0.379 e. The van der Waals surface area contributed by atoms with Crippen molar-refractivity contribution in [1.82, 2.24) is 19.9 Å². The summed E-state index contributed by atoms with van der Waals surface area (Å²) in [5.74, 6) is 0.542. The van der Waals surface area contributed by atoms with E-state index in [9.17, 15) is 4.79 Å². The van der Waals surface area contributed by atoms with Gasteiger partial charge in [-0.25, -0.2) is 4.98 Å². The third-order valence-corrected chi connectivity index (χ3v) is 4.50. The van der Waals surface area contributed by atoms with Gasteiger partial charge in [-0.1, -0.05) is 5.16 Å². The first-order chi connectivity index (χ1) is 11.1. The van der Waals surface area contributed by atoms with E-state index in [4.69, 9.17) is 9.26 Å². The van der Waals surface area contributed by atoms with Crippen LogP contribution in [0, 0.1) is 6.92 Å². The number of aryl methyl sites for hydroxylation is 1. The minimum absolute atomic E-state index is 0.160. The zero-order chi connectivity index (χ0) is 16.2. The standard InChI is InChI=1S/C15H20N4O3S/c1-11-16-12(10-23-11)8-18(2)15(20)14-7-13(22-17-14)9-19-3-5-21-6-4-19/h7,10H,3-6,8-9H2,1-2H3. The van der Waals surface area contributed by atoms with Crippen LogP contribution in [0.1, 0.15) is 27.0 Å². The van der Waals surface area contributed by atoms with E-state index >= 15 is 0 Å². The summed E-state index contributed by atoms with van der Waals surface area (Å²) in [6.07, 6.45) is 0. The number of ether oxygens (including phenoxy) is 1. The molecule has 2 aromatic heterocycles. The van der Waals surface area contributed by atoms with Crippen molar-refractivity contribution in [2.45, 2.75) is 20.0 Å². The molecule has 3 heterocycles. The van der Waals surface area contributed by atoms with E-state index in [1.807, 2.05) is 12.3 Å². The average molecular weight is 336 g/mol. The van der Waals surface area contributed by atoms with Crippen LogP contribution in [0.2, 0.25) is 0 Å². The molecule has 0 unspecified atom stereocenters. The second-order valence-electron chi connectivity index (χ2n) is 5.59. The lowest BCUT2D eigenvalue weighted by atomic mass is 10.3. The molecule has 0 saturated carbocycles. The van der Waals surface area contributed by atoms with Crippen LogP contribution in [0.25, 0.3) is 0 Å². The van der Waals surface area contributed by atoms with Crippen molar-refractivity contribution < 1.29 is 14.1 Å². The van der Waals surface area contributed by atoms with Crippen LogP contribution in [-0.2, 0) is 17.8 Å². The molecule has 23 heavy (non-hydrogen) atoms. The summed E-state index contributed by atoms with van der Waals surface area (Å²) in [5, 5.41) is 6.87. The van der Waals surface area contributed by atoms with Crippen LogP contribution in [-0.4, -0.2) is 59.2 Å². The third-order valence-electron chi connectivity index (χ3n) is 3.67. The van der Waals surface area contributed by atoms with E-state index < -0.39 is 0 Å². The van der Waals surface area contributed by atoms with E-state index in [0.717, 1.165) is 37.0 Å². The van der Waals surface area contributed by atoms with Crippen LogP contribution in [0.4, 0.5) is 0 Å². The fourth-order valence-electron chi connectivity index (χ4n) is 2.46. The Kier molecular flexibility index (Phi) is 5.04. The Labute approximate surface area is 138 Å². The van der Waals surface area contributed by atoms with E-state index in [-0.39, 0.29) is 5.91 Å². The summed E-state index contributed by atoms with van der Waals surface area (Å²) in [6.45, 7) is 6.27. The molecule has 0 radical (unpaired) electrons. The predicted octanol–water partition coefficient (Wildman–Crippen LogP) is 1.54. The first kappa shape index (κ1) is 16.1. The summed E-state index contributed by atoms with van der Waals surface area (Å²) < 4.78 is 10.6. The van der Waals surface area contributed by atoms with Crippen LogP contribution in [0.15, 0.2) is 16.0 Å². The second kappa shape index (κ2) is 7.20. The Hall–Kier alpha value is -1.77. The fraction of sp³-hybridized carbons (Fsp3) is 0.533. The fourth-order valence-corrected chi connectivity index (χ4v) is 3.06. The second-order valence-corrected chi connectivity index (χ2v) is 6.65. The van der Waals surface area contributed by atoms with Gasteiger partial charge in [0.15, 0.2) is 11.5 Å². The highest BCUT2D eigenvalue weighted by atomic mass is 32.1. The molecule has 3 rings (SSSR count). The smallest absolute Gasteiger partial charge is 0.276 e. The minimum atomic E-state index is -0.160. The van der Waals surface area contributed by atoms with Crippen molar-refractivity contribution in [3.8, 4) is 0 Å². The number of rotatable bonds is 5. The number of hydrogen-bond donors (Lipinski definition) is 0. The van der Waals surface area contributed by atoms with Gasteiger partial charge in [-0.05, 0) is 6.92 Å². The highest BCUT2D eigenvalue weighted by molar-refractivity contribution is 7.09. The van der Waals surface area contributed by atoms with Crippen LogP contribution < -0.4 is 0 Å². The number of thiazole rings is 1. The van der Waals surface area contributed by atoms with Gasteiger partial charge in [0.2, 0.25) is 0 Å². The van der Waals surface area contributed by atoms with Gasteiger partial charge in [0.25, 0.3) is 5.91 Å². The van der Waals surface area contributed by atoms with Crippen LogP contribution >= 0.6 is 11.3 Å². The van der Waals surface area contributed by atoms with Crippen molar-refractivity contribution in [2.75, 3.05) is 33.4 Å². The first-order valence-electron chi connectivity index (χ1n) is 7.54. The van der Waals surface area contributed by atoms with Gasteiger partial charge in [-0.2, -0.15) is 0 Å². The largest absolute Gasteiger partial charge is 0.379 e. The molecule has 1 fully saturated rings. The molecule has 7 nitrogen and oxygen atoms in total. The van der Waals surface area contributed by atoms with Gasteiger partial charge in [0.05, 0.1) is 37.0 Å². The highest BCUT2D eigenvalue weighted by Gasteiger charge is 2.19. The maximum Gasteiger partial charge on any atom is 0.276 e. The Morgan fingerprint density at radius 2 is 2.22 bits per heavy atom. The lowest BCUT2D eigenvalue weighted by Crippen LogP contribution is -2.35. The van der Waals surface area contributed by atoms with E-state index in [1.165, 1.54) is 0 Å². The van der Waals surface area contributed by atoms with Gasteiger partial charge in [0, 0.05) is 31.6 Å². The topological polar surface area (TPSA) is 71.7 Å². The summed E-state index contributed by atoms with van der Waals surface area (Å²) in [5.41, 5.74) is 1.23. The molecule has 1 aliphatic rings. The maximum atomic E-state index is 12.4. The number of morpholine rings is 1. The molecule has 0 spiro atoms. The zero-order valence-electron chi connectivity index (χ0n) is 13.3. The van der Waals surface area contributed by atoms with Gasteiger partial charge in [-0.3, -0.25) is 9.69 Å². The Bertz CT molecular complexity index is 663. The van der Waals surface area contributed by atoms with Crippen molar-refractivity contribution in [2.24, 2.45) is 0 Å². The molecule has 0 N–H and O–H groups in total. The molecule has 8 heteroatoms. The Morgan fingerprint density at radius 3 is 2.91 bits per heavy atom. The van der Waals surface area contributed by atoms with Gasteiger partial charge in [0.1, 0.15) is 0 Å². The van der Waals surface area contributed by atoms with Gasteiger partial charge < -0.3 is 14.2 Å². The summed E-state index contributed by atoms with van der Waals surface area (Å²) in [6, 6.07) is 1.72. The Morgan fingerprint density at radius 1 is 1.43 bits per heavy atom. The molecule has 1 saturated heterocycles. The first-order valence-corrected chi connectivity index (χ1v) is 8.42. The number of carbonyl (C=O) groups is 1. The molecule has 124 valence electrons. The molecule has 0 atom stereocenters. The summed E-state index contributed by atoms with van der Waals surface area (Å²) in [4.78, 5) is 20.6. The maximum absolute atomic E-state index is 12.4. The predicted molar refractivity (Wildman–Crippen MR) is 85.2 cm³/mol. The molecule has 2 aromatic rings. The highest BCUT2D eigenvalue weighted by Crippen LogP contribution is 2.13. The average Bonchev–Trinajstić information content (AvgIpc) is 3.17. The Balaban J connectivity index is 1.58. The third kappa shape index (κ3) is 4.15. The molecule has 0 aliphatic carbocycles. The molecule has 0 bridgehead atoms. The lowest BCUT2D eigenvalue weighted by molar-refractivity contribution is 0.0305. The lowest BCUT2D eigenvalue weighted by Gasteiger charge is -2.25. The van der Waals surface area contributed by atoms with Crippen molar-refractivity contribution in [3.63, 3.8) is 0 Å². The van der Waals surface area contributed by atoms with E-state index in [2.05, 4.69) is 15.0 Å². The summed E-state index contributed by atoms with van der Waals surface area (Å²) in [7, 11) is 1.74. The van der Waals surface area contributed by atoms with E-state index in [0.29, 0.717) is 24.5 Å². The van der Waals surface area contributed by atoms with Gasteiger partial charge >= 0.3 is 0 Å². The summed E-state index contributed by atoms with van der Waals surface area (Å²) >= 11 is 1.58. The number of carbonyl (C=O) groups excluding carboxylic acids is 1. The molecular formula is C15H20N4O3S. The normalized spacial score (nSPS) is 15.7. The molecule has 1 amide bonds. The van der Waals surface area contributed by atoms with Crippen LogP contribution in [0.3, 0.4) is 0 Å². The monoisotopic (exact) mass is 336 g/mol. The number of amides is 1. The molecular weight excluding hydrogens is 316 g/mol. The number of aromatic nitrogens is 2. The number of hydrogen-bond acceptors (Lipinski definition) is 7. The van der Waals surface area contributed by atoms with Crippen molar-refractivity contribution in [3.05, 3.63) is 33.6 Å². The van der Waals surface area contributed by atoms with Crippen molar-refractivity contribution in [1.29, 1.82) is 0 Å². The van der Waals surface area contributed by atoms with Crippen LogP contribution in [0.5, 0.6) is 0 Å². The molecule has 1 aliphatic heterocycles. The SMILES string of the molecule is Cc1nc(CN(C)C(=O)c2cc(CN3CCOCC3)on2)cs1. The molecule has 0 aromatic carbocycles. The van der Waals surface area contributed by atoms with Gasteiger partial charge in [-0.15, -0.1) is 11.3 Å². The van der Waals surface area contributed by atoms with E-state index in [1.54, 1.807) is 29.4 Å². The zero-order valence-corrected chi connectivity index (χ0v) is 14.1. The quantitative estimate of drug-likeness (QED) is 0.825. The van der Waals surface area contributed by atoms with Crippen molar-refractivity contribution >= 4 is 17.2 Å².